The highest BCUT2D eigenvalue weighted by molar-refractivity contribution is 7.92. The van der Waals surface area contributed by atoms with Crippen LogP contribution in [-0.4, -0.2) is 27.1 Å². The van der Waals surface area contributed by atoms with Crippen LogP contribution in [0.2, 0.25) is 0 Å². The van der Waals surface area contributed by atoms with E-state index in [1.807, 2.05) is 44.2 Å². The number of hydrogen-bond donors (Lipinski definition) is 1. The molecule has 0 saturated heterocycles. The predicted octanol–water partition coefficient (Wildman–Crippen LogP) is 3.98. The molecule has 0 aliphatic heterocycles. The van der Waals surface area contributed by atoms with E-state index in [4.69, 9.17) is 0 Å². The van der Waals surface area contributed by atoms with E-state index in [9.17, 15) is 13.2 Å². The zero-order valence-corrected chi connectivity index (χ0v) is 17.9. The Morgan fingerprint density at radius 3 is 2.39 bits per heavy atom. The maximum atomic E-state index is 12.3. The van der Waals surface area contributed by atoms with Gasteiger partial charge in [-0.15, -0.1) is 0 Å². The van der Waals surface area contributed by atoms with Crippen LogP contribution in [0.15, 0.2) is 48.5 Å². The number of benzene rings is 2. The van der Waals surface area contributed by atoms with E-state index in [2.05, 4.69) is 24.4 Å². The van der Waals surface area contributed by atoms with E-state index in [0.29, 0.717) is 12.1 Å². The van der Waals surface area contributed by atoms with Crippen LogP contribution >= 0.6 is 0 Å². The van der Waals surface area contributed by atoms with Crippen LogP contribution < -0.4 is 9.62 Å². The topological polar surface area (TPSA) is 66.5 Å². The van der Waals surface area contributed by atoms with Crippen molar-refractivity contribution in [2.45, 2.75) is 46.1 Å². The summed E-state index contributed by atoms with van der Waals surface area (Å²) in [5, 5.41) is 2.99. The minimum absolute atomic E-state index is 0.0789. The van der Waals surface area contributed by atoms with E-state index in [0.717, 1.165) is 17.5 Å². The van der Waals surface area contributed by atoms with Crippen LogP contribution in [0.25, 0.3) is 0 Å². The molecule has 5 nitrogen and oxygen atoms in total. The van der Waals surface area contributed by atoms with Gasteiger partial charge in [0.05, 0.1) is 18.0 Å². The molecule has 2 rings (SSSR count). The van der Waals surface area contributed by atoms with Gasteiger partial charge in [-0.3, -0.25) is 9.10 Å². The number of aryl methyl sites for hydroxylation is 2. The van der Waals surface area contributed by atoms with E-state index in [1.54, 1.807) is 6.07 Å². The Bertz CT molecular complexity index is 892. The Balaban J connectivity index is 1.91. The molecular formula is C22H30N2O3S. The van der Waals surface area contributed by atoms with Crippen LogP contribution in [0.3, 0.4) is 0 Å². The number of amides is 1. The fourth-order valence-corrected chi connectivity index (χ4v) is 4.05. The summed E-state index contributed by atoms with van der Waals surface area (Å²) >= 11 is 0. The van der Waals surface area contributed by atoms with Crippen molar-refractivity contribution >= 4 is 21.6 Å². The molecule has 0 radical (unpaired) electrons. The minimum Gasteiger partial charge on any atom is -0.350 e. The van der Waals surface area contributed by atoms with Crippen molar-refractivity contribution in [3.63, 3.8) is 0 Å². The lowest BCUT2D eigenvalue weighted by Gasteiger charge is -2.23. The first-order chi connectivity index (χ1) is 13.2. The minimum atomic E-state index is -3.40. The molecule has 1 N–H and O–H groups in total. The molecule has 2 aromatic rings. The summed E-state index contributed by atoms with van der Waals surface area (Å²) < 4.78 is 25.7. The highest BCUT2D eigenvalue weighted by atomic mass is 32.2. The maximum absolute atomic E-state index is 12.3. The summed E-state index contributed by atoms with van der Waals surface area (Å²) in [6, 6.07) is 15.5. The molecule has 152 valence electrons. The summed E-state index contributed by atoms with van der Waals surface area (Å²) in [4.78, 5) is 12.3. The molecule has 0 spiro atoms. The monoisotopic (exact) mass is 402 g/mol. The summed E-state index contributed by atoms with van der Waals surface area (Å²) in [7, 11) is -3.40. The largest absolute Gasteiger partial charge is 0.350 e. The lowest BCUT2D eigenvalue weighted by atomic mass is 10.0. The number of rotatable bonds is 9. The molecule has 0 heterocycles. The highest BCUT2D eigenvalue weighted by Crippen LogP contribution is 2.20. The molecule has 1 amide bonds. The number of sulfonamides is 1. The summed E-state index contributed by atoms with van der Waals surface area (Å²) in [5.74, 6) is -0.0789. The second-order valence-corrected chi connectivity index (χ2v) is 9.07. The average molecular weight is 403 g/mol. The normalized spacial score (nSPS) is 12.4. The first-order valence-corrected chi connectivity index (χ1v) is 11.5. The second-order valence-electron chi connectivity index (χ2n) is 7.16. The quantitative estimate of drug-likeness (QED) is 0.690. The van der Waals surface area contributed by atoms with Crippen molar-refractivity contribution in [3.05, 3.63) is 65.2 Å². The van der Waals surface area contributed by atoms with Gasteiger partial charge in [-0.05, 0) is 55.5 Å². The maximum Gasteiger partial charge on any atom is 0.232 e. The molecule has 1 unspecified atom stereocenters. The average Bonchev–Trinajstić information content (AvgIpc) is 2.64. The molecule has 6 heteroatoms. The lowest BCUT2D eigenvalue weighted by molar-refractivity contribution is -0.121. The molecule has 28 heavy (non-hydrogen) atoms. The van der Waals surface area contributed by atoms with Crippen molar-refractivity contribution < 1.29 is 13.2 Å². The molecule has 0 aliphatic rings. The number of anilines is 1. The molecule has 0 bridgehead atoms. The van der Waals surface area contributed by atoms with Crippen LogP contribution in [0.1, 0.15) is 49.4 Å². The summed E-state index contributed by atoms with van der Waals surface area (Å²) in [5.41, 5.74) is 3.95. The third-order valence-electron chi connectivity index (χ3n) is 4.72. The summed E-state index contributed by atoms with van der Waals surface area (Å²) in [6.07, 6.45) is 2.90. The number of nitrogens with zero attached hydrogens (tertiary/aromatic N) is 1. The number of carbonyl (C=O) groups is 1. The van der Waals surface area contributed by atoms with E-state index in [-0.39, 0.29) is 24.9 Å². The zero-order valence-electron chi connectivity index (χ0n) is 17.1. The lowest BCUT2D eigenvalue weighted by Crippen LogP contribution is -2.32. The Morgan fingerprint density at radius 2 is 1.82 bits per heavy atom. The molecule has 2 aromatic carbocycles. The van der Waals surface area contributed by atoms with Gasteiger partial charge in [-0.1, -0.05) is 43.3 Å². The first kappa shape index (κ1) is 22.0. The van der Waals surface area contributed by atoms with Gasteiger partial charge in [-0.2, -0.15) is 0 Å². The van der Waals surface area contributed by atoms with Gasteiger partial charge in [0.2, 0.25) is 15.9 Å². The highest BCUT2D eigenvalue weighted by Gasteiger charge is 2.18. The Labute approximate surface area is 168 Å². The predicted molar refractivity (Wildman–Crippen MR) is 115 cm³/mol. The van der Waals surface area contributed by atoms with Crippen molar-refractivity contribution in [2.75, 3.05) is 17.1 Å². The Hall–Kier alpha value is -2.34. The van der Waals surface area contributed by atoms with Gasteiger partial charge < -0.3 is 5.32 Å². The van der Waals surface area contributed by atoms with Gasteiger partial charge >= 0.3 is 0 Å². The third kappa shape index (κ3) is 6.37. The van der Waals surface area contributed by atoms with E-state index < -0.39 is 10.0 Å². The van der Waals surface area contributed by atoms with Gasteiger partial charge in [-0.25, -0.2) is 8.42 Å². The molecule has 0 aromatic heterocycles. The first-order valence-electron chi connectivity index (χ1n) is 9.63. The van der Waals surface area contributed by atoms with Crippen LogP contribution in [0, 0.1) is 6.92 Å². The van der Waals surface area contributed by atoms with Crippen molar-refractivity contribution in [1.29, 1.82) is 0 Å². The van der Waals surface area contributed by atoms with Gasteiger partial charge in [0.25, 0.3) is 0 Å². The smallest absolute Gasteiger partial charge is 0.232 e. The van der Waals surface area contributed by atoms with Crippen molar-refractivity contribution in [3.8, 4) is 0 Å². The Morgan fingerprint density at radius 1 is 1.14 bits per heavy atom. The molecule has 0 saturated carbocycles. The molecule has 0 fully saturated rings. The van der Waals surface area contributed by atoms with Gasteiger partial charge in [0.1, 0.15) is 0 Å². The second kappa shape index (κ2) is 9.73. The Kier molecular flexibility index (Phi) is 7.63. The van der Waals surface area contributed by atoms with Crippen LogP contribution in [0.5, 0.6) is 0 Å². The van der Waals surface area contributed by atoms with E-state index in [1.165, 1.54) is 16.1 Å². The van der Waals surface area contributed by atoms with Crippen molar-refractivity contribution in [2.24, 2.45) is 0 Å². The fraction of sp³-hybridized carbons (Fsp3) is 0.409. The standard InChI is InChI=1S/C22H30N2O3S/c1-5-19-11-13-20(14-12-19)18(3)23-22(25)10-7-15-24(28(4,26)27)21-9-6-8-17(2)16-21/h6,8-9,11-14,16,18H,5,7,10,15H2,1-4H3,(H,23,25). The number of carbonyl (C=O) groups excluding carboxylic acids is 1. The summed E-state index contributed by atoms with van der Waals surface area (Å²) in [6.45, 7) is 6.26. The van der Waals surface area contributed by atoms with Crippen LogP contribution in [-0.2, 0) is 21.2 Å². The van der Waals surface area contributed by atoms with Gasteiger partial charge in [0.15, 0.2) is 0 Å². The zero-order chi connectivity index (χ0) is 20.7. The van der Waals surface area contributed by atoms with Crippen LogP contribution in [0.4, 0.5) is 5.69 Å². The number of hydrogen-bond acceptors (Lipinski definition) is 3. The third-order valence-corrected chi connectivity index (χ3v) is 5.91. The molecule has 1 atom stereocenters. The van der Waals surface area contributed by atoms with E-state index >= 15 is 0 Å². The van der Waals surface area contributed by atoms with Gasteiger partial charge in [0, 0.05) is 13.0 Å². The number of nitrogens with one attached hydrogen (secondary N) is 1. The molecule has 0 aliphatic carbocycles. The molecular weight excluding hydrogens is 372 g/mol. The SMILES string of the molecule is CCc1ccc(C(C)NC(=O)CCCN(c2cccc(C)c2)S(C)(=O)=O)cc1. The fourth-order valence-electron chi connectivity index (χ4n) is 3.09. The van der Waals surface area contributed by atoms with Crippen molar-refractivity contribution in [1.82, 2.24) is 5.32 Å².